The summed E-state index contributed by atoms with van der Waals surface area (Å²) in [5.41, 5.74) is 2.11. The van der Waals surface area contributed by atoms with Crippen LogP contribution in [0.4, 0.5) is 4.39 Å². The molecule has 1 N–H and O–H groups in total. The number of thioether (sulfide) groups is 1. The van der Waals surface area contributed by atoms with Crippen LogP contribution in [0, 0.1) is 12.7 Å². The molecule has 0 radical (unpaired) electrons. The van der Waals surface area contributed by atoms with Crippen molar-refractivity contribution in [1.29, 1.82) is 0 Å². The van der Waals surface area contributed by atoms with Gasteiger partial charge in [0.1, 0.15) is 5.82 Å². The molecule has 0 spiro atoms. The van der Waals surface area contributed by atoms with E-state index < -0.39 is 17.1 Å². The van der Waals surface area contributed by atoms with Crippen LogP contribution in [-0.2, 0) is 11.3 Å². The second kappa shape index (κ2) is 6.82. The highest BCUT2D eigenvalue weighted by Crippen LogP contribution is 2.41. The number of aromatic amines is 1. The first kappa shape index (κ1) is 18.3. The molecule has 140 valence electrons. The molecule has 27 heavy (non-hydrogen) atoms. The Morgan fingerprint density at radius 2 is 2.11 bits per heavy atom. The van der Waals surface area contributed by atoms with Gasteiger partial charge in [-0.2, -0.15) is 0 Å². The van der Waals surface area contributed by atoms with Crippen molar-refractivity contribution < 1.29 is 9.13 Å². The number of nitrogens with one attached hydrogen (secondary N) is 1. The van der Waals surface area contributed by atoms with Gasteiger partial charge in [-0.15, -0.1) is 11.8 Å². The van der Waals surface area contributed by atoms with Crippen LogP contribution in [0.3, 0.4) is 0 Å². The minimum atomic E-state index is -0.495. The van der Waals surface area contributed by atoms with Gasteiger partial charge in [0.15, 0.2) is 0 Å². The quantitative estimate of drug-likeness (QED) is 0.706. The van der Waals surface area contributed by atoms with Gasteiger partial charge >= 0.3 is 5.69 Å². The first-order chi connectivity index (χ1) is 12.9. The van der Waals surface area contributed by atoms with E-state index >= 15 is 0 Å². The van der Waals surface area contributed by atoms with Gasteiger partial charge in [0.05, 0.1) is 28.6 Å². The third-order valence-corrected chi connectivity index (χ3v) is 6.29. The Hall–Kier alpha value is -2.09. The Kier molecular flexibility index (Phi) is 4.61. The third-order valence-electron chi connectivity index (χ3n) is 4.77. The molecule has 0 saturated carbocycles. The van der Waals surface area contributed by atoms with Gasteiger partial charge in [-0.3, -0.25) is 14.3 Å². The predicted molar refractivity (Wildman–Crippen MR) is 105 cm³/mol. The second-order valence-corrected chi connectivity index (χ2v) is 7.90. The summed E-state index contributed by atoms with van der Waals surface area (Å²) in [6, 6.07) is 6.29. The SMILES string of the molecule is CO[C@@H]1CSc2c(-c3ccc(F)c(Cl)c3)c(C)cc3c(=O)[nH]c(=O)n(c23)C1. The molecule has 0 aliphatic carbocycles. The van der Waals surface area contributed by atoms with Crippen molar-refractivity contribution in [3.8, 4) is 11.1 Å². The summed E-state index contributed by atoms with van der Waals surface area (Å²) in [5, 5.41) is 0.471. The fraction of sp³-hybridized carbons (Fsp3) is 0.263. The number of methoxy groups -OCH3 is 1. The molecule has 1 aliphatic rings. The first-order valence-corrected chi connectivity index (χ1v) is 9.68. The van der Waals surface area contributed by atoms with Crippen molar-refractivity contribution in [3.05, 3.63) is 61.5 Å². The van der Waals surface area contributed by atoms with E-state index in [1.165, 1.54) is 17.8 Å². The number of rotatable bonds is 2. The Balaban J connectivity index is 2.13. The van der Waals surface area contributed by atoms with E-state index in [0.717, 1.165) is 21.6 Å². The number of aromatic nitrogens is 2. The zero-order valence-electron chi connectivity index (χ0n) is 14.6. The van der Waals surface area contributed by atoms with Crippen molar-refractivity contribution in [2.45, 2.75) is 24.5 Å². The van der Waals surface area contributed by atoms with Gasteiger partial charge in [0.25, 0.3) is 5.56 Å². The monoisotopic (exact) mass is 406 g/mol. The standard InChI is InChI=1S/C19H16ClFN2O3S/c1-9-5-12-16-17(15(9)10-3-4-14(21)13(20)6-10)27-8-11(26-2)7-23(16)19(25)22-18(12)24/h3-6,11H,7-8H2,1-2H3,(H,22,24,25)/t11-/m0/s1. The van der Waals surface area contributed by atoms with E-state index in [2.05, 4.69) is 4.98 Å². The number of H-pyrrole nitrogens is 1. The molecule has 0 amide bonds. The summed E-state index contributed by atoms with van der Waals surface area (Å²) in [5.74, 6) is 0.122. The molecule has 0 fully saturated rings. The summed E-state index contributed by atoms with van der Waals surface area (Å²) in [4.78, 5) is 28.1. The lowest BCUT2D eigenvalue weighted by atomic mass is 9.98. The van der Waals surface area contributed by atoms with Gasteiger partial charge in [-0.05, 0) is 36.2 Å². The molecular weight excluding hydrogens is 391 g/mol. The molecule has 3 aromatic rings. The summed E-state index contributed by atoms with van der Waals surface area (Å²) in [6.45, 7) is 2.23. The fourth-order valence-electron chi connectivity index (χ4n) is 3.45. The van der Waals surface area contributed by atoms with Crippen molar-refractivity contribution in [2.24, 2.45) is 0 Å². The highest BCUT2D eigenvalue weighted by Gasteiger charge is 2.25. The van der Waals surface area contributed by atoms with Gasteiger partial charge in [0.2, 0.25) is 0 Å². The van der Waals surface area contributed by atoms with Crippen molar-refractivity contribution in [2.75, 3.05) is 12.9 Å². The van der Waals surface area contributed by atoms with E-state index in [9.17, 15) is 14.0 Å². The number of hydrogen-bond donors (Lipinski definition) is 1. The van der Waals surface area contributed by atoms with Crippen molar-refractivity contribution in [3.63, 3.8) is 0 Å². The average Bonchev–Trinajstić information content (AvgIpc) is 2.83. The maximum atomic E-state index is 13.6. The zero-order valence-corrected chi connectivity index (χ0v) is 16.2. The lowest BCUT2D eigenvalue weighted by molar-refractivity contribution is 0.107. The molecule has 0 bridgehead atoms. The van der Waals surface area contributed by atoms with Gasteiger partial charge in [-0.25, -0.2) is 9.18 Å². The molecule has 2 aromatic carbocycles. The largest absolute Gasteiger partial charge is 0.379 e. The molecule has 2 heterocycles. The number of aryl methyl sites for hydroxylation is 1. The minimum absolute atomic E-state index is 0.0240. The fourth-order valence-corrected chi connectivity index (χ4v) is 5.01. The van der Waals surface area contributed by atoms with Gasteiger partial charge in [0, 0.05) is 23.3 Å². The van der Waals surface area contributed by atoms with E-state index in [-0.39, 0.29) is 11.1 Å². The van der Waals surface area contributed by atoms with Gasteiger partial charge < -0.3 is 4.74 Å². The average molecular weight is 407 g/mol. The van der Waals surface area contributed by atoms with Crippen molar-refractivity contribution >= 4 is 34.3 Å². The zero-order chi connectivity index (χ0) is 19.3. The summed E-state index contributed by atoms with van der Waals surface area (Å²) >= 11 is 7.51. The van der Waals surface area contributed by atoms with Crippen LogP contribution in [0.1, 0.15) is 5.56 Å². The van der Waals surface area contributed by atoms with E-state index in [1.54, 1.807) is 29.9 Å². The van der Waals surface area contributed by atoms with Crippen LogP contribution in [0.25, 0.3) is 22.0 Å². The number of benzene rings is 2. The van der Waals surface area contributed by atoms with Crippen molar-refractivity contribution in [1.82, 2.24) is 9.55 Å². The molecule has 0 unspecified atom stereocenters. The van der Waals surface area contributed by atoms with E-state index in [1.807, 2.05) is 6.92 Å². The topological polar surface area (TPSA) is 64.1 Å². The Morgan fingerprint density at radius 1 is 1.33 bits per heavy atom. The van der Waals surface area contributed by atoms with E-state index in [0.29, 0.717) is 23.2 Å². The number of hydrogen-bond acceptors (Lipinski definition) is 4. The van der Waals surface area contributed by atoms with Crippen LogP contribution in [0.15, 0.2) is 38.8 Å². The van der Waals surface area contributed by atoms with Gasteiger partial charge in [-0.1, -0.05) is 17.7 Å². The Morgan fingerprint density at radius 3 is 2.81 bits per heavy atom. The highest BCUT2D eigenvalue weighted by atomic mass is 35.5. The van der Waals surface area contributed by atoms with Crippen LogP contribution in [0.5, 0.6) is 0 Å². The predicted octanol–water partition coefficient (Wildman–Crippen LogP) is 3.58. The number of nitrogens with zero attached hydrogens (tertiary/aromatic N) is 1. The van der Waals surface area contributed by atoms with Crippen LogP contribution in [-0.4, -0.2) is 28.5 Å². The Labute approximate surface area is 163 Å². The lowest BCUT2D eigenvalue weighted by Crippen LogP contribution is -2.34. The van der Waals surface area contributed by atoms with Crippen LogP contribution in [0.2, 0.25) is 5.02 Å². The van der Waals surface area contributed by atoms with Crippen LogP contribution >= 0.6 is 23.4 Å². The molecule has 1 aromatic heterocycles. The molecule has 0 saturated heterocycles. The van der Waals surface area contributed by atoms with Crippen LogP contribution < -0.4 is 11.2 Å². The smallest absolute Gasteiger partial charge is 0.328 e. The second-order valence-electron chi connectivity index (χ2n) is 6.46. The molecule has 5 nitrogen and oxygen atoms in total. The third kappa shape index (κ3) is 2.99. The maximum absolute atomic E-state index is 13.6. The minimum Gasteiger partial charge on any atom is -0.379 e. The molecule has 8 heteroatoms. The molecule has 4 rings (SSSR count). The molecule has 1 atom stereocenters. The van der Waals surface area contributed by atoms with E-state index in [4.69, 9.17) is 16.3 Å². The Bertz CT molecular complexity index is 1190. The summed E-state index contributed by atoms with van der Waals surface area (Å²) < 4.78 is 20.7. The normalized spacial score (nSPS) is 16.5. The lowest BCUT2D eigenvalue weighted by Gasteiger charge is -2.16. The summed E-state index contributed by atoms with van der Waals surface area (Å²) in [7, 11) is 1.60. The molecule has 1 aliphatic heterocycles. The number of halogens is 2. The maximum Gasteiger partial charge on any atom is 0.328 e. The highest BCUT2D eigenvalue weighted by molar-refractivity contribution is 7.99. The first-order valence-electron chi connectivity index (χ1n) is 8.32. The summed E-state index contributed by atoms with van der Waals surface area (Å²) in [6.07, 6.45) is -0.181. The number of ether oxygens (including phenoxy) is 1. The molecular formula is C19H16ClFN2O3S.